The maximum atomic E-state index is 13.6. The number of carbonyl (C=O) groups is 1. The highest BCUT2D eigenvalue weighted by Gasteiger charge is 2.40. The summed E-state index contributed by atoms with van der Waals surface area (Å²) in [6, 6.07) is 2.77. The molecule has 0 bridgehead atoms. The minimum absolute atomic E-state index is 0.0372. The maximum Gasteiger partial charge on any atom is 0.416 e. The molecule has 0 radical (unpaired) electrons. The molecule has 0 aliphatic carbocycles. The van der Waals surface area contributed by atoms with Gasteiger partial charge in [-0.3, -0.25) is 9.69 Å². The summed E-state index contributed by atoms with van der Waals surface area (Å²) in [6.07, 6.45) is -4.45. The van der Waals surface area contributed by atoms with Crippen LogP contribution in [0.3, 0.4) is 0 Å². The molecule has 0 N–H and O–H groups in total. The molecule has 25 heavy (non-hydrogen) atoms. The number of amides is 1. The molecule has 7 heteroatoms. The van der Waals surface area contributed by atoms with Gasteiger partial charge in [-0.2, -0.15) is 13.2 Å². The zero-order valence-electron chi connectivity index (χ0n) is 14.9. The Labute approximate surface area is 146 Å². The maximum absolute atomic E-state index is 13.6. The van der Waals surface area contributed by atoms with E-state index in [9.17, 15) is 18.0 Å². The van der Waals surface area contributed by atoms with Gasteiger partial charge in [-0.1, -0.05) is 0 Å². The lowest BCUT2D eigenvalue weighted by Crippen LogP contribution is -2.43. The fraction of sp³-hybridized carbons (Fsp3) is 0.611. The molecule has 1 aromatic rings. The standard InChI is InChI=1S/C18H24F3N3O/c1-12(2)24-11-15-14(17(24)25)8-13(9-16(15)18(19,20)21)10-23-6-4-22(3)5-7-23/h8-9,12H,4-7,10-11H2,1-3H3. The zero-order valence-corrected chi connectivity index (χ0v) is 14.9. The summed E-state index contributed by atoms with van der Waals surface area (Å²) < 4.78 is 40.7. The van der Waals surface area contributed by atoms with Crippen molar-refractivity contribution < 1.29 is 18.0 Å². The largest absolute Gasteiger partial charge is 0.416 e. The summed E-state index contributed by atoms with van der Waals surface area (Å²) in [4.78, 5) is 18.4. The lowest BCUT2D eigenvalue weighted by molar-refractivity contribution is -0.138. The SMILES string of the molecule is CC(C)N1Cc2c(cc(CN3CCN(C)CC3)cc2C(F)(F)F)C1=O. The van der Waals surface area contributed by atoms with E-state index < -0.39 is 11.7 Å². The Kier molecular flexibility index (Phi) is 4.81. The van der Waals surface area contributed by atoms with E-state index in [1.165, 1.54) is 11.0 Å². The molecule has 1 aromatic carbocycles. The van der Waals surface area contributed by atoms with Gasteiger partial charge in [0.05, 0.1) is 5.56 Å². The highest BCUT2D eigenvalue weighted by molar-refractivity contribution is 5.99. The van der Waals surface area contributed by atoms with E-state index in [2.05, 4.69) is 9.80 Å². The van der Waals surface area contributed by atoms with Gasteiger partial charge >= 0.3 is 6.18 Å². The zero-order chi connectivity index (χ0) is 18.4. The molecule has 0 atom stereocenters. The predicted molar refractivity (Wildman–Crippen MR) is 89.2 cm³/mol. The average molecular weight is 355 g/mol. The van der Waals surface area contributed by atoms with Crippen LogP contribution < -0.4 is 0 Å². The first-order chi connectivity index (χ1) is 11.7. The summed E-state index contributed by atoms with van der Waals surface area (Å²) in [5.41, 5.74) is 0.237. The Morgan fingerprint density at radius 3 is 2.32 bits per heavy atom. The summed E-state index contributed by atoms with van der Waals surface area (Å²) in [5, 5.41) is 0. The fourth-order valence-electron chi connectivity index (χ4n) is 3.52. The second kappa shape index (κ2) is 6.61. The highest BCUT2D eigenvalue weighted by atomic mass is 19.4. The van der Waals surface area contributed by atoms with Gasteiger partial charge in [-0.05, 0) is 44.2 Å². The molecule has 4 nitrogen and oxygen atoms in total. The quantitative estimate of drug-likeness (QED) is 0.834. The second-order valence-electron chi connectivity index (χ2n) is 7.27. The molecule has 1 saturated heterocycles. The van der Waals surface area contributed by atoms with Crippen LogP contribution in [0.15, 0.2) is 12.1 Å². The van der Waals surface area contributed by atoms with E-state index >= 15 is 0 Å². The van der Waals surface area contributed by atoms with Gasteiger partial charge in [0.2, 0.25) is 0 Å². The number of piperazine rings is 1. The molecule has 138 valence electrons. The fourth-order valence-corrected chi connectivity index (χ4v) is 3.52. The smallest absolute Gasteiger partial charge is 0.332 e. The van der Waals surface area contributed by atoms with Crippen molar-refractivity contribution in [2.75, 3.05) is 33.2 Å². The molecule has 2 aliphatic heterocycles. The molecule has 1 amide bonds. The number of rotatable bonds is 3. The van der Waals surface area contributed by atoms with E-state index in [1.807, 2.05) is 20.9 Å². The summed E-state index contributed by atoms with van der Waals surface area (Å²) in [5.74, 6) is -0.296. The molecule has 0 spiro atoms. The van der Waals surface area contributed by atoms with Crippen LogP contribution in [0.4, 0.5) is 13.2 Å². The van der Waals surface area contributed by atoms with Crippen molar-refractivity contribution in [1.29, 1.82) is 0 Å². The van der Waals surface area contributed by atoms with E-state index in [4.69, 9.17) is 0 Å². The van der Waals surface area contributed by atoms with Crippen LogP contribution in [-0.2, 0) is 19.3 Å². The number of alkyl halides is 3. The van der Waals surface area contributed by atoms with Crippen molar-refractivity contribution in [2.24, 2.45) is 0 Å². The van der Waals surface area contributed by atoms with Crippen molar-refractivity contribution in [3.05, 3.63) is 34.4 Å². The van der Waals surface area contributed by atoms with Crippen LogP contribution in [0.5, 0.6) is 0 Å². The summed E-state index contributed by atoms with van der Waals surface area (Å²) >= 11 is 0. The molecule has 0 aromatic heterocycles. The monoisotopic (exact) mass is 355 g/mol. The third-order valence-corrected chi connectivity index (χ3v) is 5.06. The number of likely N-dealkylation sites (N-methyl/N-ethyl adjacent to an activating group) is 1. The molecule has 0 saturated carbocycles. The van der Waals surface area contributed by atoms with Crippen LogP contribution in [0.1, 0.15) is 40.9 Å². The normalized spacial score (nSPS) is 19.8. The number of fused-ring (bicyclic) bond motifs is 1. The van der Waals surface area contributed by atoms with Crippen LogP contribution in [0.2, 0.25) is 0 Å². The lowest BCUT2D eigenvalue weighted by atomic mass is 9.98. The van der Waals surface area contributed by atoms with Crippen LogP contribution >= 0.6 is 0 Å². The molecular formula is C18H24F3N3O. The Morgan fingerprint density at radius 1 is 1.12 bits per heavy atom. The van der Waals surface area contributed by atoms with Crippen molar-refractivity contribution in [2.45, 2.75) is 39.2 Å². The number of carbonyl (C=O) groups excluding carboxylic acids is 1. The lowest BCUT2D eigenvalue weighted by Gasteiger charge is -2.32. The Bertz CT molecular complexity index is 664. The number of hydrogen-bond donors (Lipinski definition) is 0. The first-order valence-electron chi connectivity index (χ1n) is 8.61. The van der Waals surface area contributed by atoms with Crippen LogP contribution in [0, 0.1) is 0 Å². The van der Waals surface area contributed by atoms with Crippen molar-refractivity contribution in [3.8, 4) is 0 Å². The van der Waals surface area contributed by atoms with E-state index in [0.717, 1.165) is 26.2 Å². The topological polar surface area (TPSA) is 26.8 Å². The third-order valence-electron chi connectivity index (χ3n) is 5.06. The van der Waals surface area contributed by atoms with Gasteiger partial charge in [0, 0.05) is 50.9 Å². The summed E-state index contributed by atoms with van der Waals surface area (Å²) in [6.45, 7) is 7.56. The molecule has 1 fully saturated rings. The molecule has 3 rings (SSSR count). The Hall–Kier alpha value is -1.60. The van der Waals surface area contributed by atoms with Crippen molar-refractivity contribution >= 4 is 5.91 Å². The van der Waals surface area contributed by atoms with Crippen LogP contribution in [-0.4, -0.2) is 59.9 Å². The van der Waals surface area contributed by atoms with Gasteiger partial charge in [0.1, 0.15) is 0 Å². The van der Waals surface area contributed by atoms with E-state index in [0.29, 0.717) is 12.1 Å². The van der Waals surface area contributed by atoms with E-state index in [1.54, 1.807) is 6.07 Å². The number of halogens is 3. The molecule has 2 heterocycles. The Balaban J connectivity index is 1.93. The second-order valence-corrected chi connectivity index (χ2v) is 7.27. The minimum atomic E-state index is -4.45. The van der Waals surface area contributed by atoms with Gasteiger partial charge < -0.3 is 9.80 Å². The number of hydrogen-bond acceptors (Lipinski definition) is 3. The number of benzene rings is 1. The number of nitrogens with zero attached hydrogens (tertiary/aromatic N) is 3. The predicted octanol–water partition coefficient (Wildman–Crippen LogP) is 2.82. The molecule has 0 unspecified atom stereocenters. The molecular weight excluding hydrogens is 331 g/mol. The highest BCUT2D eigenvalue weighted by Crippen LogP contribution is 2.38. The van der Waals surface area contributed by atoms with Crippen molar-refractivity contribution in [1.82, 2.24) is 14.7 Å². The minimum Gasteiger partial charge on any atom is -0.332 e. The average Bonchev–Trinajstić information content (AvgIpc) is 2.85. The third kappa shape index (κ3) is 3.67. The Morgan fingerprint density at radius 2 is 1.76 bits per heavy atom. The summed E-state index contributed by atoms with van der Waals surface area (Å²) in [7, 11) is 2.04. The van der Waals surface area contributed by atoms with E-state index in [-0.39, 0.29) is 29.6 Å². The first-order valence-corrected chi connectivity index (χ1v) is 8.61. The molecule has 2 aliphatic rings. The van der Waals surface area contributed by atoms with Crippen LogP contribution in [0.25, 0.3) is 0 Å². The van der Waals surface area contributed by atoms with Gasteiger partial charge in [0.25, 0.3) is 5.91 Å². The first kappa shape index (κ1) is 18.2. The van der Waals surface area contributed by atoms with Gasteiger partial charge in [0.15, 0.2) is 0 Å². The van der Waals surface area contributed by atoms with Gasteiger partial charge in [-0.25, -0.2) is 0 Å². The van der Waals surface area contributed by atoms with Crippen molar-refractivity contribution in [3.63, 3.8) is 0 Å². The van der Waals surface area contributed by atoms with Gasteiger partial charge in [-0.15, -0.1) is 0 Å².